The van der Waals surface area contributed by atoms with Gasteiger partial charge in [0.1, 0.15) is 7.85 Å². The summed E-state index contributed by atoms with van der Waals surface area (Å²) >= 11 is 0. The quantitative estimate of drug-likeness (QED) is 0.635. The van der Waals surface area contributed by atoms with Crippen LogP contribution in [-0.2, 0) is 0 Å². The van der Waals surface area contributed by atoms with E-state index in [1.54, 1.807) is 29.1 Å². The normalized spacial score (nSPS) is 15.7. The van der Waals surface area contributed by atoms with Gasteiger partial charge in [-0.05, 0) is 37.5 Å². The van der Waals surface area contributed by atoms with E-state index >= 15 is 0 Å². The van der Waals surface area contributed by atoms with Gasteiger partial charge in [0.2, 0.25) is 0 Å². The summed E-state index contributed by atoms with van der Waals surface area (Å²) in [5.41, 5.74) is 3.90. The van der Waals surface area contributed by atoms with Crippen molar-refractivity contribution in [3.05, 3.63) is 88.5 Å². The van der Waals surface area contributed by atoms with Crippen molar-refractivity contribution in [2.24, 2.45) is 0 Å². The molecular formula is C25H27BN4O. The first-order valence-electron chi connectivity index (χ1n) is 10.7. The Morgan fingerprint density at radius 2 is 1.84 bits per heavy atom. The molecule has 0 atom stereocenters. The highest BCUT2D eigenvalue weighted by molar-refractivity contribution is 6.32. The van der Waals surface area contributed by atoms with E-state index < -0.39 is 0 Å². The molecule has 3 aromatic rings. The summed E-state index contributed by atoms with van der Waals surface area (Å²) in [6, 6.07) is 17.9. The van der Waals surface area contributed by atoms with Gasteiger partial charge >= 0.3 is 0 Å². The van der Waals surface area contributed by atoms with E-state index in [-0.39, 0.29) is 11.6 Å². The van der Waals surface area contributed by atoms with Gasteiger partial charge in [-0.2, -0.15) is 0 Å². The highest BCUT2D eigenvalue weighted by Gasteiger charge is 2.20. The maximum absolute atomic E-state index is 12.9. The molecular weight excluding hydrogens is 383 g/mol. The lowest BCUT2D eigenvalue weighted by Crippen LogP contribution is -2.41. The first-order valence-corrected chi connectivity index (χ1v) is 10.7. The van der Waals surface area contributed by atoms with Crippen LogP contribution in [0.4, 0.5) is 5.82 Å². The van der Waals surface area contributed by atoms with Crippen molar-refractivity contribution in [3.8, 4) is 5.69 Å². The minimum atomic E-state index is -0.142. The van der Waals surface area contributed by atoms with Crippen LogP contribution in [0, 0.1) is 0 Å². The Bertz CT molecular complexity index is 1080. The summed E-state index contributed by atoms with van der Waals surface area (Å²) in [7, 11) is 5.76. The molecule has 0 unspecified atom stereocenters. The van der Waals surface area contributed by atoms with Gasteiger partial charge in [-0.15, -0.1) is 0 Å². The van der Waals surface area contributed by atoms with Gasteiger partial charge in [0.05, 0.1) is 0 Å². The number of nitrogens with one attached hydrogen (secondary N) is 1. The number of aromatic nitrogens is 2. The van der Waals surface area contributed by atoms with Crippen molar-refractivity contribution in [2.75, 3.05) is 25.0 Å². The third-order valence-electron chi connectivity index (χ3n) is 5.63. The predicted molar refractivity (Wildman–Crippen MR) is 128 cm³/mol. The Labute approximate surface area is 184 Å². The number of benzene rings is 2. The van der Waals surface area contributed by atoms with E-state index in [4.69, 9.17) is 7.85 Å². The number of anilines is 1. The zero-order valence-corrected chi connectivity index (χ0v) is 17.9. The Balaban J connectivity index is 1.35. The molecule has 156 valence electrons. The third kappa shape index (κ3) is 5.53. The summed E-state index contributed by atoms with van der Waals surface area (Å²) in [6.45, 7) is 5.15. The SMILES string of the molecule is [B]c1ccc(-n2ccnc(NC3CCN(C/C(C)=C/c4ccccc4)CC3)c2=O)cc1. The monoisotopic (exact) mass is 410 g/mol. The maximum atomic E-state index is 12.9. The Hall–Kier alpha value is -3.12. The van der Waals surface area contributed by atoms with Gasteiger partial charge in [0.25, 0.3) is 5.56 Å². The zero-order valence-electron chi connectivity index (χ0n) is 17.9. The minimum absolute atomic E-state index is 0.142. The van der Waals surface area contributed by atoms with Crippen molar-refractivity contribution < 1.29 is 0 Å². The summed E-state index contributed by atoms with van der Waals surface area (Å²) in [5, 5.41) is 3.37. The molecule has 0 aliphatic carbocycles. The third-order valence-corrected chi connectivity index (χ3v) is 5.63. The molecule has 1 aliphatic rings. The average molecular weight is 410 g/mol. The largest absolute Gasteiger partial charge is 0.363 e. The minimum Gasteiger partial charge on any atom is -0.363 e. The Morgan fingerprint density at radius 1 is 1.13 bits per heavy atom. The fraction of sp³-hybridized carbons (Fsp3) is 0.280. The van der Waals surface area contributed by atoms with E-state index in [1.807, 2.05) is 18.2 Å². The summed E-state index contributed by atoms with van der Waals surface area (Å²) < 4.78 is 1.60. The highest BCUT2D eigenvalue weighted by atomic mass is 16.1. The van der Waals surface area contributed by atoms with E-state index in [9.17, 15) is 4.79 Å². The molecule has 6 heteroatoms. The van der Waals surface area contributed by atoms with Crippen LogP contribution < -0.4 is 16.3 Å². The highest BCUT2D eigenvalue weighted by Crippen LogP contribution is 2.16. The smallest absolute Gasteiger partial charge is 0.297 e. The van der Waals surface area contributed by atoms with Crippen molar-refractivity contribution >= 4 is 25.2 Å². The van der Waals surface area contributed by atoms with Gasteiger partial charge in [0, 0.05) is 43.8 Å². The molecule has 0 bridgehead atoms. The molecule has 1 saturated heterocycles. The van der Waals surface area contributed by atoms with Crippen LogP contribution in [0.1, 0.15) is 25.3 Å². The van der Waals surface area contributed by atoms with Gasteiger partial charge in [0.15, 0.2) is 5.82 Å². The molecule has 0 amide bonds. The second-order valence-corrected chi connectivity index (χ2v) is 8.14. The number of nitrogens with zero attached hydrogens (tertiary/aromatic N) is 3. The van der Waals surface area contributed by atoms with Gasteiger partial charge < -0.3 is 5.32 Å². The van der Waals surface area contributed by atoms with Crippen molar-refractivity contribution in [3.63, 3.8) is 0 Å². The van der Waals surface area contributed by atoms with Crippen LogP contribution in [0.5, 0.6) is 0 Å². The predicted octanol–water partition coefficient (Wildman–Crippen LogP) is 3.01. The lowest BCUT2D eigenvalue weighted by atomic mass is 9.96. The Morgan fingerprint density at radius 3 is 2.55 bits per heavy atom. The zero-order chi connectivity index (χ0) is 21.6. The second kappa shape index (κ2) is 9.79. The molecule has 1 aromatic heterocycles. The average Bonchev–Trinajstić information content (AvgIpc) is 2.78. The number of hydrogen-bond donors (Lipinski definition) is 1. The molecule has 1 fully saturated rings. The van der Waals surface area contributed by atoms with Crippen molar-refractivity contribution in [2.45, 2.75) is 25.8 Å². The van der Waals surface area contributed by atoms with Crippen molar-refractivity contribution in [1.82, 2.24) is 14.5 Å². The van der Waals surface area contributed by atoms with Crippen molar-refractivity contribution in [1.29, 1.82) is 0 Å². The molecule has 1 aliphatic heterocycles. The van der Waals surface area contributed by atoms with Crippen LogP contribution in [0.3, 0.4) is 0 Å². The van der Waals surface area contributed by atoms with Gasteiger partial charge in [-0.1, -0.05) is 59.6 Å². The first-order chi connectivity index (χ1) is 15.1. The molecule has 2 radical (unpaired) electrons. The van der Waals surface area contributed by atoms with E-state index in [2.05, 4.69) is 52.5 Å². The fourth-order valence-corrected chi connectivity index (χ4v) is 4.01. The topological polar surface area (TPSA) is 50.2 Å². The van der Waals surface area contributed by atoms with Crippen LogP contribution in [0.15, 0.2) is 77.4 Å². The summed E-state index contributed by atoms with van der Waals surface area (Å²) in [6.07, 6.45) is 7.56. The summed E-state index contributed by atoms with van der Waals surface area (Å²) in [5.74, 6) is 0.401. The lowest BCUT2D eigenvalue weighted by molar-refractivity contribution is 0.236. The van der Waals surface area contributed by atoms with E-state index in [0.29, 0.717) is 11.3 Å². The first kappa shape index (κ1) is 21.1. The van der Waals surface area contributed by atoms with Crippen LogP contribution in [-0.4, -0.2) is 48.0 Å². The van der Waals surface area contributed by atoms with Crippen LogP contribution in [0.25, 0.3) is 11.8 Å². The lowest BCUT2D eigenvalue weighted by Gasteiger charge is -2.32. The molecule has 0 spiro atoms. The molecule has 2 aromatic carbocycles. The van der Waals surface area contributed by atoms with Gasteiger partial charge in [-0.25, -0.2) is 4.98 Å². The molecule has 2 heterocycles. The van der Waals surface area contributed by atoms with Gasteiger partial charge in [-0.3, -0.25) is 14.3 Å². The molecule has 5 nitrogen and oxygen atoms in total. The molecule has 4 rings (SSSR count). The van der Waals surface area contributed by atoms with E-state index in [1.165, 1.54) is 11.1 Å². The molecule has 1 N–H and O–H groups in total. The fourth-order valence-electron chi connectivity index (χ4n) is 4.01. The maximum Gasteiger partial charge on any atom is 0.297 e. The number of rotatable bonds is 6. The summed E-state index contributed by atoms with van der Waals surface area (Å²) in [4.78, 5) is 19.7. The van der Waals surface area contributed by atoms with E-state index in [0.717, 1.165) is 38.2 Å². The number of hydrogen-bond acceptors (Lipinski definition) is 4. The molecule has 31 heavy (non-hydrogen) atoms. The second-order valence-electron chi connectivity index (χ2n) is 8.14. The Kier molecular flexibility index (Phi) is 6.68. The number of likely N-dealkylation sites (tertiary alicyclic amines) is 1. The van der Waals surface area contributed by atoms with Crippen LogP contribution >= 0.6 is 0 Å². The number of piperidine rings is 1. The van der Waals surface area contributed by atoms with Crippen LogP contribution in [0.2, 0.25) is 0 Å². The standard InChI is InChI=1S/C25H27BN4O/c1-19(17-20-5-3-2-4-6-20)18-29-14-11-22(12-15-29)28-24-25(31)30(16-13-27-24)23-9-7-21(26)8-10-23/h2-10,13,16-17,22H,11-12,14-15,18H2,1H3,(H,27,28)/b19-17+. The molecule has 0 saturated carbocycles.